The van der Waals surface area contributed by atoms with Crippen LogP contribution in [-0.4, -0.2) is 51.9 Å². The SMILES string of the molecule is COc1c(C(CN)N2CCSC(C)(C)C2)c(C)nn1C. The molecule has 0 radical (unpaired) electrons. The van der Waals surface area contributed by atoms with E-state index in [4.69, 9.17) is 10.5 Å². The third-order valence-corrected chi connectivity index (χ3v) is 5.16. The van der Waals surface area contributed by atoms with Crippen molar-refractivity contribution in [2.75, 3.05) is 32.5 Å². The quantitative estimate of drug-likeness (QED) is 0.914. The number of aromatic nitrogens is 2. The normalized spacial score (nSPS) is 20.9. The molecule has 1 aliphatic heterocycles. The number of hydrogen-bond acceptors (Lipinski definition) is 5. The molecule has 1 aliphatic rings. The minimum Gasteiger partial charge on any atom is -0.481 e. The predicted octanol–water partition coefficient (Wildman–Crippen LogP) is 1.56. The van der Waals surface area contributed by atoms with Crippen molar-refractivity contribution in [1.82, 2.24) is 14.7 Å². The van der Waals surface area contributed by atoms with Gasteiger partial charge in [0, 0.05) is 37.2 Å². The first-order valence-corrected chi connectivity index (χ1v) is 8.03. The van der Waals surface area contributed by atoms with Crippen molar-refractivity contribution in [3.63, 3.8) is 0 Å². The summed E-state index contributed by atoms with van der Waals surface area (Å²) >= 11 is 2.03. The first-order chi connectivity index (χ1) is 9.39. The second-order valence-corrected chi connectivity index (χ2v) is 7.76. The molecule has 6 heteroatoms. The first-order valence-electron chi connectivity index (χ1n) is 7.05. The van der Waals surface area contributed by atoms with Crippen LogP contribution in [0.25, 0.3) is 0 Å². The van der Waals surface area contributed by atoms with Gasteiger partial charge >= 0.3 is 0 Å². The van der Waals surface area contributed by atoms with Crippen molar-refractivity contribution in [2.45, 2.75) is 31.6 Å². The van der Waals surface area contributed by atoms with Crippen LogP contribution in [0.1, 0.15) is 31.1 Å². The molecule has 5 nitrogen and oxygen atoms in total. The summed E-state index contributed by atoms with van der Waals surface area (Å²) < 4.78 is 7.61. The average molecular weight is 298 g/mol. The molecule has 114 valence electrons. The highest BCUT2D eigenvalue weighted by atomic mass is 32.2. The van der Waals surface area contributed by atoms with E-state index in [9.17, 15) is 0 Å². The molecule has 1 unspecified atom stereocenters. The number of rotatable bonds is 4. The summed E-state index contributed by atoms with van der Waals surface area (Å²) in [5, 5.41) is 4.49. The Morgan fingerprint density at radius 2 is 2.20 bits per heavy atom. The zero-order chi connectivity index (χ0) is 14.9. The third-order valence-electron chi connectivity index (χ3n) is 3.86. The minimum atomic E-state index is 0.179. The number of ether oxygens (including phenoxy) is 1. The highest BCUT2D eigenvalue weighted by molar-refractivity contribution is 8.00. The number of hydrogen-bond donors (Lipinski definition) is 1. The largest absolute Gasteiger partial charge is 0.481 e. The summed E-state index contributed by atoms with van der Waals surface area (Å²) in [5.41, 5.74) is 8.23. The van der Waals surface area contributed by atoms with Crippen LogP contribution >= 0.6 is 11.8 Å². The Morgan fingerprint density at radius 3 is 2.75 bits per heavy atom. The van der Waals surface area contributed by atoms with Gasteiger partial charge in [-0.25, -0.2) is 4.68 Å². The van der Waals surface area contributed by atoms with Crippen molar-refractivity contribution >= 4 is 11.8 Å². The standard InChI is InChI=1S/C14H26N4OS/c1-10-12(13(19-5)17(4)16-10)11(8-15)18-6-7-20-14(2,3)9-18/h11H,6-9,15H2,1-5H3. The highest BCUT2D eigenvalue weighted by Gasteiger charge is 2.34. The van der Waals surface area contributed by atoms with Crippen LogP contribution in [0.2, 0.25) is 0 Å². The zero-order valence-corrected chi connectivity index (χ0v) is 14.0. The van der Waals surface area contributed by atoms with Gasteiger partial charge in [-0.3, -0.25) is 4.90 Å². The van der Waals surface area contributed by atoms with Gasteiger partial charge < -0.3 is 10.5 Å². The molecule has 1 atom stereocenters. The lowest BCUT2D eigenvalue weighted by molar-refractivity contribution is 0.188. The Kier molecular flexibility index (Phi) is 4.66. The molecule has 1 aromatic heterocycles. The lowest BCUT2D eigenvalue weighted by Crippen LogP contribution is -2.46. The number of thioether (sulfide) groups is 1. The lowest BCUT2D eigenvalue weighted by atomic mass is 10.0. The molecule has 0 aliphatic carbocycles. The summed E-state index contributed by atoms with van der Waals surface area (Å²) in [4.78, 5) is 2.48. The fourth-order valence-electron chi connectivity index (χ4n) is 3.05. The summed E-state index contributed by atoms with van der Waals surface area (Å²) in [6.07, 6.45) is 0. The van der Waals surface area contributed by atoms with Gasteiger partial charge in [0.1, 0.15) is 0 Å². The van der Waals surface area contributed by atoms with E-state index in [1.807, 2.05) is 25.7 Å². The predicted molar refractivity (Wildman–Crippen MR) is 84.4 cm³/mol. The van der Waals surface area contributed by atoms with Crippen LogP contribution in [0, 0.1) is 6.92 Å². The molecule has 20 heavy (non-hydrogen) atoms. The molecule has 2 rings (SSSR count). The van der Waals surface area contributed by atoms with E-state index >= 15 is 0 Å². The van der Waals surface area contributed by atoms with Gasteiger partial charge in [-0.15, -0.1) is 0 Å². The monoisotopic (exact) mass is 298 g/mol. The third kappa shape index (κ3) is 2.97. The molecule has 0 amide bonds. The van der Waals surface area contributed by atoms with Crippen molar-refractivity contribution in [3.05, 3.63) is 11.3 Å². The molecule has 2 heterocycles. The molecular weight excluding hydrogens is 272 g/mol. The molecule has 1 saturated heterocycles. The van der Waals surface area contributed by atoms with E-state index in [2.05, 4.69) is 23.8 Å². The van der Waals surface area contributed by atoms with Gasteiger partial charge in [0.2, 0.25) is 5.88 Å². The number of nitrogens with zero attached hydrogens (tertiary/aromatic N) is 3. The van der Waals surface area contributed by atoms with Crippen molar-refractivity contribution < 1.29 is 4.74 Å². The van der Waals surface area contributed by atoms with E-state index in [-0.39, 0.29) is 10.8 Å². The maximum absolute atomic E-state index is 6.08. The Labute approximate surface area is 125 Å². The maximum atomic E-state index is 6.08. The zero-order valence-electron chi connectivity index (χ0n) is 13.1. The Morgan fingerprint density at radius 1 is 1.50 bits per heavy atom. The van der Waals surface area contributed by atoms with E-state index in [1.54, 1.807) is 11.8 Å². The van der Waals surface area contributed by atoms with Gasteiger partial charge in [-0.05, 0) is 20.8 Å². The molecule has 2 N–H and O–H groups in total. The van der Waals surface area contributed by atoms with Crippen molar-refractivity contribution in [2.24, 2.45) is 12.8 Å². The number of nitrogens with two attached hydrogens (primary N) is 1. The van der Waals surface area contributed by atoms with Crippen LogP contribution in [0.15, 0.2) is 0 Å². The van der Waals surface area contributed by atoms with E-state index in [1.165, 1.54) is 0 Å². The van der Waals surface area contributed by atoms with Crippen LogP contribution < -0.4 is 10.5 Å². The lowest BCUT2D eigenvalue weighted by Gasteiger charge is -2.41. The van der Waals surface area contributed by atoms with Gasteiger partial charge in [0.05, 0.1) is 24.4 Å². The van der Waals surface area contributed by atoms with E-state index in [0.29, 0.717) is 6.54 Å². The maximum Gasteiger partial charge on any atom is 0.216 e. The second-order valence-electron chi connectivity index (χ2n) is 5.96. The van der Waals surface area contributed by atoms with Gasteiger partial charge in [-0.1, -0.05) is 0 Å². The van der Waals surface area contributed by atoms with E-state index < -0.39 is 0 Å². The topological polar surface area (TPSA) is 56.3 Å². The molecular formula is C14H26N4OS. The molecule has 0 saturated carbocycles. The molecule has 1 fully saturated rings. The highest BCUT2D eigenvalue weighted by Crippen LogP contribution is 2.37. The van der Waals surface area contributed by atoms with Crippen LogP contribution in [0.4, 0.5) is 0 Å². The molecule has 0 aromatic carbocycles. The summed E-state index contributed by atoms with van der Waals surface area (Å²) in [6, 6.07) is 0.179. The fourth-order valence-corrected chi connectivity index (χ4v) is 4.18. The van der Waals surface area contributed by atoms with Crippen LogP contribution in [0.3, 0.4) is 0 Å². The smallest absolute Gasteiger partial charge is 0.216 e. The Balaban J connectivity index is 2.33. The average Bonchev–Trinajstić information content (AvgIpc) is 2.64. The Bertz CT molecular complexity index is 472. The number of aryl methyl sites for hydroxylation is 2. The van der Waals surface area contributed by atoms with Crippen LogP contribution in [-0.2, 0) is 7.05 Å². The van der Waals surface area contributed by atoms with Crippen molar-refractivity contribution in [1.29, 1.82) is 0 Å². The first kappa shape index (κ1) is 15.7. The van der Waals surface area contributed by atoms with Crippen molar-refractivity contribution in [3.8, 4) is 5.88 Å². The summed E-state index contributed by atoms with van der Waals surface area (Å²) in [7, 11) is 3.61. The van der Waals surface area contributed by atoms with Crippen LogP contribution in [0.5, 0.6) is 5.88 Å². The Hall–Kier alpha value is -0.720. The molecule has 0 bridgehead atoms. The summed E-state index contributed by atoms with van der Waals surface area (Å²) in [5.74, 6) is 1.97. The second kappa shape index (κ2) is 5.95. The van der Waals surface area contributed by atoms with E-state index in [0.717, 1.165) is 36.0 Å². The molecule has 1 aromatic rings. The van der Waals surface area contributed by atoms with Gasteiger partial charge in [0.15, 0.2) is 0 Å². The molecule has 0 spiro atoms. The van der Waals surface area contributed by atoms with Gasteiger partial charge in [0.25, 0.3) is 0 Å². The fraction of sp³-hybridized carbons (Fsp3) is 0.786. The summed E-state index contributed by atoms with van der Waals surface area (Å²) in [6.45, 7) is 9.31. The van der Waals surface area contributed by atoms with Gasteiger partial charge in [-0.2, -0.15) is 16.9 Å². The number of methoxy groups -OCH3 is 1. The minimum absolute atomic E-state index is 0.179.